The quantitative estimate of drug-likeness (QED) is 0.499. The van der Waals surface area contributed by atoms with Gasteiger partial charge >= 0.3 is 5.97 Å². The molecular weight excluding hydrogens is 424 g/mol. The van der Waals surface area contributed by atoms with Gasteiger partial charge in [0, 0.05) is 18.3 Å². The van der Waals surface area contributed by atoms with Gasteiger partial charge in [-0.25, -0.2) is 4.79 Å². The van der Waals surface area contributed by atoms with Crippen molar-refractivity contribution < 1.29 is 14.3 Å². The average molecular weight is 451 g/mol. The van der Waals surface area contributed by atoms with Crippen LogP contribution in [0.1, 0.15) is 40.3 Å². The Morgan fingerprint density at radius 1 is 1.19 bits per heavy atom. The highest BCUT2D eigenvalue weighted by atomic mass is 32.1. The molecule has 3 aromatic rings. The number of furan rings is 1. The zero-order valence-corrected chi connectivity index (χ0v) is 18.9. The predicted molar refractivity (Wildman–Crippen MR) is 126 cm³/mol. The van der Waals surface area contributed by atoms with Crippen molar-refractivity contribution in [3.63, 3.8) is 0 Å². The summed E-state index contributed by atoms with van der Waals surface area (Å²) in [6.45, 7) is 1.70. The van der Waals surface area contributed by atoms with Gasteiger partial charge in [-0.05, 0) is 69.6 Å². The number of thiocarbonyl (C=S) groups is 1. The van der Waals surface area contributed by atoms with Gasteiger partial charge in [-0.15, -0.1) is 0 Å². The molecule has 1 fully saturated rings. The van der Waals surface area contributed by atoms with Crippen LogP contribution in [0.15, 0.2) is 65.2 Å². The topological polar surface area (TPSA) is 81.8 Å². The summed E-state index contributed by atoms with van der Waals surface area (Å²) in [5.74, 6) is 0.246. The number of aromatic nitrogens is 1. The monoisotopic (exact) mass is 450 g/mol. The highest BCUT2D eigenvalue weighted by Crippen LogP contribution is 2.40. The van der Waals surface area contributed by atoms with Crippen LogP contribution in [0, 0.1) is 0 Å². The summed E-state index contributed by atoms with van der Waals surface area (Å²) >= 11 is 5.68. The molecule has 0 unspecified atom stereocenters. The van der Waals surface area contributed by atoms with E-state index in [1.165, 1.54) is 0 Å². The van der Waals surface area contributed by atoms with E-state index < -0.39 is 5.97 Å². The van der Waals surface area contributed by atoms with Crippen molar-refractivity contribution in [2.75, 3.05) is 27.2 Å². The first-order valence-corrected chi connectivity index (χ1v) is 10.9. The highest BCUT2D eigenvalue weighted by Gasteiger charge is 2.41. The molecule has 2 aromatic heterocycles. The number of pyridine rings is 1. The lowest BCUT2D eigenvalue weighted by Gasteiger charge is -2.26. The smallest absolute Gasteiger partial charge is 0.336 e. The van der Waals surface area contributed by atoms with E-state index in [4.69, 9.17) is 16.6 Å². The van der Waals surface area contributed by atoms with E-state index in [1.807, 2.05) is 44.4 Å². The predicted octanol–water partition coefficient (Wildman–Crippen LogP) is 3.96. The first kappa shape index (κ1) is 22.0. The summed E-state index contributed by atoms with van der Waals surface area (Å²) in [4.78, 5) is 20.5. The molecule has 2 atom stereocenters. The van der Waals surface area contributed by atoms with Crippen molar-refractivity contribution >= 4 is 23.3 Å². The lowest BCUT2D eigenvalue weighted by atomic mass is 10.0. The second-order valence-corrected chi connectivity index (χ2v) is 8.42. The third-order valence-corrected chi connectivity index (χ3v) is 5.90. The summed E-state index contributed by atoms with van der Waals surface area (Å²) in [6, 6.07) is 16.0. The fourth-order valence-corrected chi connectivity index (χ4v) is 4.39. The number of nitrogens with zero attached hydrogens (tertiary/aromatic N) is 3. The third kappa shape index (κ3) is 4.51. The number of carboxylic acid groups (broad SMARTS) is 1. The molecule has 4 rings (SSSR count). The van der Waals surface area contributed by atoms with Gasteiger partial charge in [-0.1, -0.05) is 24.3 Å². The van der Waals surface area contributed by atoms with Gasteiger partial charge < -0.3 is 24.6 Å². The van der Waals surface area contributed by atoms with Gasteiger partial charge in [0.1, 0.15) is 17.6 Å². The molecule has 0 aliphatic carbocycles. The molecule has 0 bridgehead atoms. The van der Waals surface area contributed by atoms with E-state index in [0.29, 0.717) is 22.2 Å². The summed E-state index contributed by atoms with van der Waals surface area (Å²) in [5.41, 5.74) is 1.63. The molecule has 8 heteroatoms. The summed E-state index contributed by atoms with van der Waals surface area (Å²) < 4.78 is 6.26. The Bertz CT molecular complexity index is 1100. The second kappa shape index (κ2) is 9.50. The standard InChI is InChI=1S/C24H26N4O3S/c1-27(2)14-7-15-28-22(21(26-24(28)32)18-10-5-6-13-25-18)20-12-11-19(31-20)16-8-3-4-9-17(16)23(29)30/h3-6,8-13,21-22H,7,14-15H2,1-2H3,(H,26,32)(H,29,30)/t21-,22+/m0/s1. The fourth-order valence-electron chi connectivity index (χ4n) is 4.05. The molecule has 1 saturated heterocycles. The summed E-state index contributed by atoms with van der Waals surface area (Å²) in [5, 5.41) is 13.6. The van der Waals surface area contributed by atoms with E-state index in [0.717, 1.165) is 25.2 Å². The van der Waals surface area contributed by atoms with Crippen LogP contribution in [0.4, 0.5) is 0 Å². The van der Waals surface area contributed by atoms with Gasteiger partial charge in [-0.3, -0.25) is 4.98 Å². The van der Waals surface area contributed by atoms with Crippen molar-refractivity contribution in [3.8, 4) is 11.3 Å². The minimum atomic E-state index is -0.987. The van der Waals surface area contributed by atoms with Crippen molar-refractivity contribution in [1.29, 1.82) is 0 Å². The van der Waals surface area contributed by atoms with Gasteiger partial charge in [0.25, 0.3) is 0 Å². The lowest BCUT2D eigenvalue weighted by Crippen LogP contribution is -2.32. The van der Waals surface area contributed by atoms with Crippen molar-refractivity contribution in [1.82, 2.24) is 20.1 Å². The second-order valence-electron chi connectivity index (χ2n) is 8.03. The maximum atomic E-state index is 11.7. The van der Waals surface area contributed by atoms with E-state index >= 15 is 0 Å². The SMILES string of the molecule is CN(C)CCCN1C(=S)N[C@@H](c2ccccn2)[C@H]1c1ccc(-c2ccccc2C(=O)O)o1. The van der Waals surface area contributed by atoms with Gasteiger partial charge in [0.2, 0.25) is 0 Å². The molecule has 32 heavy (non-hydrogen) atoms. The van der Waals surface area contributed by atoms with Crippen molar-refractivity contribution in [3.05, 3.63) is 77.8 Å². The normalized spacial score (nSPS) is 18.2. The van der Waals surface area contributed by atoms with Crippen LogP contribution in [0.2, 0.25) is 0 Å². The molecule has 0 radical (unpaired) electrons. The van der Waals surface area contributed by atoms with E-state index in [-0.39, 0.29) is 17.6 Å². The van der Waals surface area contributed by atoms with Gasteiger partial charge in [0.05, 0.1) is 17.3 Å². The Kier molecular flexibility index (Phi) is 6.53. The van der Waals surface area contributed by atoms with Crippen LogP contribution in [-0.4, -0.2) is 58.2 Å². The number of carbonyl (C=O) groups is 1. The van der Waals surface area contributed by atoms with Crippen LogP contribution in [0.3, 0.4) is 0 Å². The van der Waals surface area contributed by atoms with Crippen LogP contribution in [-0.2, 0) is 0 Å². The van der Waals surface area contributed by atoms with Gasteiger partial charge in [-0.2, -0.15) is 0 Å². The highest BCUT2D eigenvalue weighted by molar-refractivity contribution is 7.80. The zero-order chi connectivity index (χ0) is 22.7. The van der Waals surface area contributed by atoms with Crippen molar-refractivity contribution in [2.24, 2.45) is 0 Å². The molecule has 3 heterocycles. The molecular formula is C24H26N4O3S. The number of benzene rings is 1. The van der Waals surface area contributed by atoms with Gasteiger partial charge in [0.15, 0.2) is 5.11 Å². The summed E-state index contributed by atoms with van der Waals surface area (Å²) in [6.07, 6.45) is 2.71. The Hall–Kier alpha value is -3.23. The molecule has 0 saturated carbocycles. The third-order valence-electron chi connectivity index (χ3n) is 5.54. The number of aromatic carboxylic acids is 1. The first-order valence-electron chi connectivity index (χ1n) is 10.5. The summed E-state index contributed by atoms with van der Waals surface area (Å²) in [7, 11) is 4.10. The first-order chi connectivity index (χ1) is 15.5. The molecule has 2 N–H and O–H groups in total. The number of hydrogen-bond acceptors (Lipinski definition) is 5. The molecule has 0 spiro atoms. The fraction of sp³-hybridized carbons (Fsp3) is 0.292. The molecule has 0 amide bonds. The average Bonchev–Trinajstić information content (AvgIpc) is 3.39. The Balaban J connectivity index is 1.70. The van der Waals surface area contributed by atoms with E-state index in [2.05, 4.69) is 20.1 Å². The maximum absolute atomic E-state index is 11.7. The van der Waals surface area contributed by atoms with Crippen molar-refractivity contribution in [2.45, 2.75) is 18.5 Å². The van der Waals surface area contributed by atoms with Crippen LogP contribution < -0.4 is 5.32 Å². The minimum absolute atomic E-state index is 0.170. The van der Waals surface area contributed by atoms with Crippen LogP contribution in [0.5, 0.6) is 0 Å². The molecule has 166 valence electrons. The lowest BCUT2D eigenvalue weighted by molar-refractivity contribution is 0.0697. The van der Waals surface area contributed by atoms with Crippen LogP contribution in [0.25, 0.3) is 11.3 Å². The van der Waals surface area contributed by atoms with Crippen LogP contribution >= 0.6 is 12.2 Å². The Labute approximate surface area is 192 Å². The zero-order valence-electron chi connectivity index (χ0n) is 18.1. The number of rotatable bonds is 8. The Morgan fingerprint density at radius 2 is 1.97 bits per heavy atom. The Morgan fingerprint density at radius 3 is 2.69 bits per heavy atom. The van der Waals surface area contributed by atoms with E-state index in [1.54, 1.807) is 30.5 Å². The number of nitrogens with one attached hydrogen (secondary N) is 1. The molecule has 7 nitrogen and oxygen atoms in total. The number of hydrogen-bond donors (Lipinski definition) is 2. The molecule has 1 aromatic carbocycles. The molecule has 1 aliphatic rings. The maximum Gasteiger partial charge on any atom is 0.336 e. The minimum Gasteiger partial charge on any atom is -0.478 e. The van der Waals surface area contributed by atoms with E-state index in [9.17, 15) is 9.90 Å². The number of carboxylic acids is 1. The largest absolute Gasteiger partial charge is 0.478 e. The molecule has 1 aliphatic heterocycles.